The molecule has 1 unspecified atom stereocenters. The van der Waals surface area contributed by atoms with Gasteiger partial charge in [0, 0.05) is 6.07 Å². The van der Waals surface area contributed by atoms with Crippen molar-refractivity contribution in [2.24, 2.45) is 0 Å². The maximum Gasteiger partial charge on any atom is 0.416 e. The Morgan fingerprint density at radius 3 is 2.58 bits per heavy atom. The van der Waals surface area contributed by atoms with E-state index in [0.717, 1.165) is 23.1 Å². The Morgan fingerprint density at radius 2 is 1.85 bits per heavy atom. The molecule has 1 atom stereocenters. The van der Waals surface area contributed by atoms with E-state index >= 15 is 0 Å². The number of hydrogen-bond acceptors (Lipinski definition) is 6. The summed E-state index contributed by atoms with van der Waals surface area (Å²) in [6, 6.07) is 9.71. The van der Waals surface area contributed by atoms with Crippen LogP contribution in [0.3, 0.4) is 0 Å². The number of nitrogens with zero attached hydrogens (tertiary/aromatic N) is 1. The Morgan fingerprint density at radius 1 is 1.12 bits per heavy atom. The third kappa shape index (κ3) is 4.29. The number of para-hydroxylation sites is 1. The monoisotopic (exact) mass is 460 g/mol. The number of ether oxygens (including phenoxy) is 1. The Labute approximate surface area is 183 Å². The van der Waals surface area contributed by atoms with Crippen molar-refractivity contribution in [1.29, 1.82) is 0 Å². The van der Waals surface area contributed by atoms with Gasteiger partial charge < -0.3 is 14.5 Å². The fraction of sp³-hybridized carbons (Fsp3) is 0.182. The zero-order valence-electron chi connectivity index (χ0n) is 16.9. The first-order valence-corrected chi connectivity index (χ1v) is 9.61. The maximum atomic E-state index is 13.0. The number of amides is 2. The van der Waals surface area contributed by atoms with E-state index in [1.54, 1.807) is 12.1 Å². The minimum Gasteiger partial charge on any atom is -0.449 e. The SMILES string of the molecule is CC(OC(=O)c1cc(=O)c2ccccc2o1)C(=O)N1CC(=O)Nc2cc(C(F)(F)F)ccc21. The highest BCUT2D eigenvalue weighted by Crippen LogP contribution is 2.37. The van der Waals surface area contributed by atoms with Gasteiger partial charge in [-0.2, -0.15) is 13.2 Å². The van der Waals surface area contributed by atoms with Gasteiger partial charge in [0.15, 0.2) is 11.5 Å². The van der Waals surface area contributed by atoms with Crippen LogP contribution in [0.4, 0.5) is 24.5 Å². The standard InChI is InChI=1S/C22H15F3N2O6/c1-11(32-21(31)18-9-16(28)13-4-2-3-5-17(13)33-18)20(30)27-10-19(29)26-14-8-12(22(23,24)25)6-7-15(14)27/h2-9,11H,10H2,1H3,(H,26,29). The summed E-state index contributed by atoms with van der Waals surface area (Å²) in [6.45, 7) is 0.750. The summed E-state index contributed by atoms with van der Waals surface area (Å²) in [7, 11) is 0. The Balaban J connectivity index is 1.57. The molecule has 0 fully saturated rings. The summed E-state index contributed by atoms with van der Waals surface area (Å²) in [4.78, 5) is 50.4. The maximum absolute atomic E-state index is 13.0. The van der Waals surface area contributed by atoms with Crippen LogP contribution >= 0.6 is 0 Å². The molecule has 0 saturated carbocycles. The highest BCUT2D eigenvalue weighted by molar-refractivity contribution is 6.11. The van der Waals surface area contributed by atoms with Gasteiger partial charge in [0.2, 0.25) is 11.7 Å². The molecule has 170 valence electrons. The van der Waals surface area contributed by atoms with Crippen molar-refractivity contribution < 1.29 is 36.7 Å². The number of nitrogens with one attached hydrogen (secondary N) is 1. The normalized spacial score (nSPS) is 14.4. The highest BCUT2D eigenvalue weighted by Gasteiger charge is 2.36. The van der Waals surface area contributed by atoms with Gasteiger partial charge in [-0.1, -0.05) is 12.1 Å². The molecule has 11 heteroatoms. The first-order chi connectivity index (χ1) is 15.5. The summed E-state index contributed by atoms with van der Waals surface area (Å²) >= 11 is 0. The van der Waals surface area contributed by atoms with E-state index in [1.165, 1.54) is 19.1 Å². The largest absolute Gasteiger partial charge is 0.449 e. The van der Waals surface area contributed by atoms with Crippen LogP contribution in [0.5, 0.6) is 0 Å². The zero-order chi connectivity index (χ0) is 23.9. The average molecular weight is 460 g/mol. The number of halogens is 3. The summed E-state index contributed by atoms with van der Waals surface area (Å²) in [6.07, 6.45) is -6.08. The molecule has 0 saturated heterocycles. The molecule has 2 aromatic carbocycles. The lowest BCUT2D eigenvalue weighted by molar-refractivity contribution is -0.137. The minimum atomic E-state index is -4.64. The highest BCUT2D eigenvalue weighted by atomic mass is 19.4. The van der Waals surface area contributed by atoms with E-state index in [2.05, 4.69) is 5.32 Å². The molecular weight excluding hydrogens is 445 g/mol. The molecule has 0 radical (unpaired) electrons. The summed E-state index contributed by atoms with van der Waals surface area (Å²) < 4.78 is 49.5. The summed E-state index contributed by atoms with van der Waals surface area (Å²) in [5.74, 6) is -3.07. The van der Waals surface area contributed by atoms with Crippen LogP contribution < -0.4 is 15.6 Å². The van der Waals surface area contributed by atoms with Crippen molar-refractivity contribution in [3.05, 3.63) is 70.1 Å². The first-order valence-electron chi connectivity index (χ1n) is 9.61. The summed E-state index contributed by atoms with van der Waals surface area (Å²) in [5.41, 5.74) is -1.51. The van der Waals surface area contributed by atoms with Crippen molar-refractivity contribution in [2.45, 2.75) is 19.2 Å². The van der Waals surface area contributed by atoms with Crippen molar-refractivity contribution in [2.75, 3.05) is 16.8 Å². The zero-order valence-corrected chi connectivity index (χ0v) is 16.9. The second kappa shape index (κ2) is 8.08. The lowest BCUT2D eigenvalue weighted by Crippen LogP contribution is -2.47. The van der Waals surface area contributed by atoms with E-state index in [9.17, 15) is 32.3 Å². The number of hydrogen-bond donors (Lipinski definition) is 1. The third-order valence-corrected chi connectivity index (χ3v) is 4.92. The lowest BCUT2D eigenvalue weighted by atomic mass is 10.1. The number of esters is 1. The van der Waals surface area contributed by atoms with Gasteiger partial charge in [-0.3, -0.25) is 19.3 Å². The minimum absolute atomic E-state index is 0.0211. The van der Waals surface area contributed by atoms with Crippen LogP contribution in [0.1, 0.15) is 23.0 Å². The van der Waals surface area contributed by atoms with E-state index in [-0.39, 0.29) is 22.3 Å². The molecule has 1 N–H and O–H groups in total. The number of rotatable bonds is 3. The van der Waals surface area contributed by atoms with E-state index in [0.29, 0.717) is 6.07 Å². The molecule has 8 nitrogen and oxygen atoms in total. The molecule has 0 bridgehead atoms. The van der Waals surface area contributed by atoms with Gasteiger partial charge >= 0.3 is 12.1 Å². The molecular formula is C22H15F3N2O6. The number of carbonyl (C=O) groups is 3. The van der Waals surface area contributed by atoms with Crippen molar-refractivity contribution in [1.82, 2.24) is 0 Å². The van der Waals surface area contributed by atoms with Gasteiger partial charge in [0.05, 0.1) is 22.3 Å². The lowest BCUT2D eigenvalue weighted by Gasteiger charge is -2.31. The second-order valence-electron chi connectivity index (χ2n) is 7.22. The van der Waals surface area contributed by atoms with E-state index in [1.807, 2.05) is 0 Å². The number of anilines is 2. The molecule has 0 aliphatic carbocycles. The molecule has 4 rings (SSSR count). The number of fused-ring (bicyclic) bond motifs is 2. The van der Waals surface area contributed by atoms with Gasteiger partial charge in [-0.25, -0.2) is 4.79 Å². The number of carbonyl (C=O) groups excluding carboxylic acids is 3. The molecule has 2 amide bonds. The van der Waals surface area contributed by atoms with Crippen LogP contribution in [0.2, 0.25) is 0 Å². The molecule has 3 aromatic rings. The van der Waals surface area contributed by atoms with Crippen LogP contribution in [-0.4, -0.2) is 30.4 Å². The average Bonchev–Trinajstić information content (AvgIpc) is 2.76. The Bertz CT molecular complexity index is 1350. The quantitative estimate of drug-likeness (QED) is 0.601. The number of alkyl halides is 3. The third-order valence-electron chi connectivity index (χ3n) is 4.92. The van der Waals surface area contributed by atoms with Crippen molar-refractivity contribution >= 4 is 40.1 Å². The van der Waals surface area contributed by atoms with Crippen LogP contribution in [-0.2, 0) is 20.5 Å². The van der Waals surface area contributed by atoms with Crippen molar-refractivity contribution in [3.8, 4) is 0 Å². The predicted octanol–water partition coefficient (Wildman–Crippen LogP) is 3.34. The van der Waals surface area contributed by atoms with Crippen LogP contribution in [0.15, 0.2) is 57.7 Å². The molecule has 1 aliphatic rings. The number of benzene rings is 2. The van der Waals surface area contributed by atoms with Gasteiger partial charge in [0.1, 0.15) is 12.1 Å². The molecule has 2 heterocycles. The molecule has 0 spiro atoms. The molecule has 33 heavy (non-hydrogen) atoms. The van der Waals surface area contributed by atoms with Crippen LogP contribution in [0.25, 0.3) is 11.0 Å². The van der Waals surface area contributed by atoms with Gasteiger partial charge in [0.25, 0.3) is 5.91 Å². The van der Waals surface area contributed by atoms with E-state index < -0.39 is 53.4 Å². The molecule has 1 aromatic heterocycles. The van der Waals surface area contributed by atoms with E-state index in [4.69, 9.17) is 9.15 Å². The topological polar surface area (TPSA) is 106 Å². The molecule has 1 aliphatic heterocycles. The second-order valence-corrected chi connectivity index (χ2v) is 7.22. The Hall–Kier alpha value is -4.15. The predicted molar refractivity (Wildman–Crippen MR) is 110 cm³/mol. The smallest absolute Gasteiger partial charge is 0.416 e. The summed E-state index contributed by atoms with van der Waals surface area (Å²) in [5, 5.41) is 2.55. The van der Waals surface area contributed by atoms with Gasteiger partial charge in [-0.15, -0.1) is 0 Å². The fourth-order valence-corrected chi connectivity index (χ4v) is 3.36. The van der Waals surface area contributed by atoms with Crippen LogP contribution in [0, 0.1) is 0 Å². The first kappa shape index (κ1) is 22.1. The fourth-order valence-electron chi connectivity index (χ4n) is 3.36. The van der Waals surface area contributed by atoms with Crippen molar-refractivity contribution in [3.63, 3.8) is 0 Å². The Kier molecular flexibility index (Phi) is 5.40. The van der Waals surface area contributed by atoms with Gasteiger partial charge in [-0.05, 0) is 37.3 Å².